The lowest BCUT2D eigenvalue weighted by molar-refractivity contribution is 0.637. The number of nitrogens with one attached hydrogen (secondary N) is 1. The largest absolute Gasteiger partial charge is 0.398 e. The molecule has 0 unspecified atom stereocenters. The zero-order valence-electron chi connectivity index (χ0n) is 9.24. The number of halogens is 2. The Labute approximate surface area is 107 Å². The van der Waals surface area contributed by atoms with Crippen LogP contribution in [0.3, 0.4) is 0 Å². The summed E-state index contributed by atoms with van der Waals surface area (Å²) in [7, 11) is 0. The van der Waals surface area contributed by atoms with Gasteiger partial charge in [-0.15, -0.1) is 0 Å². The molecule has 0 saturated carbocycles. The predicted octanol–water partition coefficient (Wildman–Crippen LogP) is 3.60. The van der Waals surface area contributed by atoms with Gasteiger partial charge in [-0.3, -0.25) is 0 Å². The number of para-hydroxylation sites is 1. The number of imidazole rings is 1. The first-order chi connectivity index (χ1) is 8.66. The highest BCUT2D eigenvalue weighted by Crippen LogP contribution is 2.32. The zero-order valence-corrected chi connectivity index (χ0v) is 10.0. The maximum atomic E-state index is 13.6. The van der Waals surface area contributed by atoms with Crippen molar-refractivity contribution >= 4 is 28.3 Å². The molecule has 0 atom stereocenters. The number of nitrogens with two attached hydrogens (primary N) is 1. The van der Waals surface area contributed by atoms with Crippen LogP contribution < -0.4 is 5.73 Å². The second-order valence-corrected chi connectivity index (χ2v) is 4.33. The molecule has 0 aliphatic rings. The summed E-state index contributed by atoms with van der Waals surface area (Å²) in [6, 6.07) is 9.94. The van der Waals surface area contributed by atoms with Crippen molar-refractivity contribution < 1.29 is 4.39 Å². The number of hydrogen-bond donors (Lipinski definition) is 2. The Morgan fingerprint density at radius 3 is 2.67 bits per heavy atom. The summed E-state index contributed by atoms with van der Waals surface area (Å²) in [6.45, 7) is 0. The molecule has 0 amide bonds. The van der Waals surface area contributed by atoms with Crippen LogP contribution in [0.15, 0.2) is 36.4 Å². The van der Waals surface area contributed by atoms with Gasteiger partial charge in [0.15, 0.2) is 5.82 Å². The van der Waals surface area contributed by atoms with Crippen molar-refractivity contribution in [3.05, 3.63) is 47.2 Å². The Hall–Kier alpha value is -2.07. The predicted molar refractivity (Wildman–Crippen MR) is 70.9 cm³/mol. The van der Waals surface area contributed by atoms with Crippen LogP contribution >= 0.6 is 11.6 Å². The van der Waals surface area contributed by atoms with Gasteiger partial charge >= 0.3 is 0 Å². The monoisotopic (exact) mass is 261 g/mol. The van der Waals surface area contributed by atoms with Crippen molar-refractivity contribution in [1.82, 2.24) is 9.97 Å². The van der Waals surface area contributed by atoms with Gasteiger partial charge in [0, 0.05) is 5.69 Å². The molecule has 0 saturated heterocycles. The average Bonchev–Trinajstić information content (AvgIpc) is 2.74. The van der Waals surface area contributed by atoms with Gasteiger partial charge in [-0.2, -0.15) is 0 Å². The van der Waals surface area contributed by atoms with Gasteiger partial charge in [0.2, 0.25) is 0 Å². The number of hydrogen-bond acceptors (Lipinski definition) is 2. The minimum Gasteiger partial charge on any atom is -0.398 e. The number of rotatable bonds is 1. The summed E-state index contributed by atoms with van der Waals surface area (Å²) in [5, 5.41) is 0.481. The molecule has 5 heteroatoms. The summed E-state index contributed by atoms with van der Waals surface area (Å²) in [6.07, 6.45) is 0. The van der Waals surface area contributed by atoms with E-state index < -0.39 is 0 Å². The summed E-state index contributed by atoms with van der Waals surface area (Å²) >= 11 is 6.10. The fraction of sp³-hybridized carbons (Fsp3) is 0. The van der Waals surface area contributed by atoms with Crippen LogP contribution in [0.5, 0.6) is 0 Å². The molecule has 3 rings (SSSR count). The van der Waals surface area contributed by atoms with Crippen LogP contribution in [0.2, 0.25) is 5.02 Å². The normalized spacial score (nSPS) is 11.0. The fourth-order valence-electron chi connectivity index (χ4n) is 1.91. The lowest BCUT2D eigenvalue weighted by Crippen LogP contribution is -1.91. The van der Waals surface area contributed by atoms with E-state index >= 15 is 0 Å². The first-order valence-electron chi connectivity index (χ1n) is 5.35. The highest BCUT2D eigenvalue weighted by molar-refractivity contribution is 6.33. The van der Waals surface area contributed by atoms with E-state index in [0.717, 1.165) is 0 Å². The van der Waals surface area contributed by atoms with Crippen molar-refractivity contribution in [3.8, 4) is 11.4 Å². The number of anilines is 1. The number of aromatic nitrogens is 2. The number of H-pyrrole nitrogens is 1. The lowest BCUT2D eigenvalue weighted by Gasteiger charge is -2.03. The number of nitrogens with zero attached hydrogens (tertiary/aromatic N) is 1. The van der Waals surface area contributed by atoms with E-state index in [2.05, 4.69) is 9.97 Å². The quantitative estimate of drug-likeness (QED) is 0.658. The summed E-state index contributed by atoms with van der Waals surface area (Å²) in [5.74, 6) is 0.0961. The molecule has 3 nitrogen and oxygen atoms in total. The Morgan fingerprint density at radius 2 is 1.94 bits per heavy atom. The molecule has 3 aromatic rings. The van der Waals surface area contributed by atoms with Gasteiger partial charge in [-0.25, -0.2) is 9.37 Å². The van der Waals surface area contributed by atoms with Crippen LogP contribution in [0, 0.1) is 5.82 Å². The van der Waals surface area contributed by atoms with Crippen molar-refractivity contribution in [2.75, 3.05) is 5.73 Å². The highest BCUT2D eigenvalue weighted by Gasteiger charge is 2.13. The third kappa shape index (κ3) is 1.62. The summed E-state index contributed by atoms with van der Waals surface area (Å²) < 4.78 is 13.6. The average molecular weight is 262 g/mol. The van der Waals surface area contributed by atoms with Gasteiger partial charge in [-0.1, -0.05) is 23.7 Å². The van der Waals surface area contributed by atoms with E-state index in [-0.39, 0.29) is 11.3 Å². The molecule has 1 heterocycles. The summed E-state index contributed by atoms with van der Waals surface area (Å²) in [4.78, 5) is 7.23. The molecule has 0 bridgehead atoms. The molecule has 2 aromatic carbocycles. The highest BCUT2D eigenvalue weighted by atomic mass is 35.5. The van der Waals surface area contributed by atoms with Crippen LogP contribution in [-0.2, 0) is 0 Å². The van der Waals surface area contributed by atoms with E-state index in [1.54, 1.807) is 30.3 Å². The van der Waals surface area contributed by atoms with Crippen LogP contribution in [-0.4, -0.2) is 9.97 Å². The molecule has 0 spiro atoms. The van der Waals surface area contributed by atoms with Crippen molar-refractivity contribution in [3.63, 3.8) is 0 Å². The Morgan fingerprint density at radius 1 is 1.17 bits per heavy atom. The second-order valence-electron chi connectivity index (χ2n) is 3.93. The van der Waals surface area contributed by atoms with Gasteiger partial charge < -0.3 is 10.7 Å². The van der Waals surface area contributed by atoms with E-state index in [9.17, 15) is 4.39 Å². The third-order valence-corrected chi connectivity index (χ3v) is 3.06. The zero-order chi connectivity index (χ0) is 12.7. The maximum Gasteiger partial charge on any atom is 0.151 e. The van der Waals surface area contributed by atoms with Crippen molar-refractivity contribution in [2.45, 2.75) is 0 Å². The molecule has 1 aromatic heterocycles. The molecular formula is C13H9ClFN3. The SMILES string of the molecule is Nc1cccc(Cl)c1-c1nc2c(F)cccc2[nH]1. The number of nitrogen functional groups attached to an aromatic ring is 1. The fourth-order valence-corrected chi connectivity index (χ4v) is 2.18. The second kappa shape index (κ2) is 3.99. The number of aromatic amines is 1. The minimum absolute atomic E-state index is 0.284. The van der Waals surface area contributed by atoms with Crippen LogP contribution in [0.1, 0.15) is 0 Å². The lowest BCUT2D eigenvalue weighted by atomic mass is 10.2. The topological polar surface area (TPSA) is 54.7 Å². The van der Waals surface area contributed by atoms with E-state index in [1.165, 1.54) is 6.07 Å². The molecule has 0 aliphatic heterocycles. The van der Waals surface area contributed by atoms with E-state index in [1.807, 2.05) is 0 Å². The number of fused-ring (bicyclic) bond motifs is 1. The first-order valence-corrected chi connectivity index (χ1v) is 5.73. The smallest absolute Gasteiger partial charge is 0.151 e. The van der Waals surface area contributed by atoms with Crippen LogP contribution in [0.4, 0.5) is 10.1 Å². The molecule has 0 aliphatic carbocycles. The van der Waals surface area contributed by atoms with Crippen molar-refractivity contribution in [2.24, 2.45) is 0 Å². The standard InChI is InChI=1S/C13H9ClFN3/c14-7-3-1-5-9(16)11(7)13-17-10-6-2-4-8(15)12(10)18-13/h1-6H,16H2,(H,17,18). The molecule has 3 N–H and O–H groups in total. The van der Waals surface area contributed by atoms with Gasteiger partial charge in [-0.05, 0) is 24.3 Å². The van der Waals surface area contributed by atoms with E-state index in [4.69, 9.17) is 17.3 Å². The first kappa shape index (κ1) is 11.0. The molecule has 18 heavy (non-hydrogen) atoms. The summed E-state index contributed by atoms with van der Waals surface area (Å²) in [5.41, 5.74) is 7.87. The number of benzene rings is 2. The molecule has 0 fully saturated rings. The third-order valence-electron chi connectivity index (χ3n) is 2.75. The Kier molecular flexibility index (Phi) is 2.45. The molecule has 0 radical (unpaired) electrons. The van der Waals surface area contributed by atoms with Gasteiger partial charge in [0.25, 0.3) is 0 Å². The molecule has 90 valence electrons. The molecular weight excluding hydrogens is 253 g/mol. The van der Waals surface area contributed by atoms with E-state index in [0.29, 0.717) is 27.6 Å². The Bertz CT molecular complexity index is 716. The van der Waals surface area contributed by atoms with Gasteiger partial charge in [0.05, 0.1) is 16.1 Å². The van der Waals surface area contributed by atoms with Crippen LogP contribution in [0.25, 0.3) is 22.4 Å². The Balaban J connectivity index is 2.30. The maximum absolute atomic E-state index is 13.6. The van der Waals surface area contributed by atoms with Gasteiger partial charge in [0.1, 0.15) is 11.3 Å². The van der Waals surface area contributed by atoms with Crippen molar-refractivity contribution in [1.29, 1.82) is 0 Å². The minimum atomic E-state index is -0.374.